The number of rotatable bonds is 8. The molecule has 41 heavy (non-hydrogen) atoms. The van der Waals surface area contributed by atoms with E-state index in [-0.39, 0.29) is 41.5 Å². The van der Waals surface area contributed by atoms with Crippen LogP contribution in [0.5, 0.6) is 0 Å². The van der Waals surface area contributed by atoms with Gasteiger partial charge < -0.3 is 46.7 Å². The van der Waals surface area contributed by atoms with E-state index >= 15 is 0 Å². The molecule has 3 aromatic heterocycles. The molecule has 0 radical (unpaired) electrons. The summed E-state index contributed by atoms with van der Waals surface area (Å²) in [5.74, 6) is -2.28. The molecule has 2 saturated heterocycles. The van der Waals surface area contributed by atoms with Crippen LogP contribution in [0.1, 0.15) is 30.9 Å². The summed E-state index contributed by atoms with van der Waals surface area (Å²) in [5, 5.41) is 42.0. The SMILES string of the molecule is Cc1cn([C@H]2C[C@H](O)[C@@H](C(O)OP(O)(=S)O[C@@]3(O)C[C@H](n4cnc5c(N)ncnc54)O[C@@H]3CO)O2)c(=O)[nH]c1=O.N. The van der Waals surface area contributed by atoms with Gasteiger partial charge in [0.05, 0.1) is 25.5 Å². The van der Waals surface area contributed by atoms with Crippen LogP contribution >= 0.6 is 6.72 Å². The molecule has 2 aliphatic heterocycles. The smallest absolute Gasteiger partial charge is 0.330 e. The van der Waals surface area contributed by atoms with Crippen LogP contribution in [-0.4, -0.2) is 91.4 Å². The second-order valence-corrected chi connectivity index (χ2v) is 12.0. The van der Waals surface area contributed by atoms with E-state index in [4.69, 9.17) is 36.1 Å². The highest BCUT2D eigenvalue weighted by molar-refractivity contribution is 8.07. The minimum absolute atomic E-state index is 0. The van der Waals surface area contributed by atoms with Crippen LogP contribution in [0.2, 0.25) is 0 Å². The van der Waals surface area contributed by atoms with Crippen molar-refractivity contribution in [2.45, 2.75) is 62.6 Å². The molecule has 2 fully saturated rings. The van der Waals surface area contributed by atoms with Crippen molar-refractivity contribution in [1.82, 2.24) is 35.2 Å². The third-order valence-electron chi connectivity index (χ3n) is 6.54. The number of nitrogen functional groups attached to an aromatic ring is 1. The van der Waals surface area contributed by atoms with Gasteiger partial charge in [-0.15, -0.1) is 0 Å². The highest BCUT2D eigenvalue weighted by Crippen LogP contribution is 2.54. The number of aryl methyl sites for hydroxylation is 1. The van der Waals surface area contributed by atoms with Crippen LogP contribution < -0.4 is 23.1 Å². The van der Waals surface area contributed by atoms with Gasteiger partial charge in [0, 0.05) is 18.2 Å². The number of ether oxygens (including phenoxy) is 2. The van der Waals surface area contributed by atoms with Gasteiger partial charge in [0.15, 0.2) is 17.8 Å². The Morgan fingerprint density at radius 1 is 1.29 bits per heavy atom. The standard InChI is InChI=1S/C20H26N7O11PS.H3N/c1-8-4-26(19(32)25-17(8)30)11-2-9(29)14(36-11)18(31)37-39(34,40)38-20(33)3-12(35-10(20)5-28)27-7-24-13-15(21)22-6-23-16(13)27;/h4,6-7,9-12,14,18,28-29,31,33H,2-3,5H2,1H3,(H,34,40)(H2,21,22,23)(H,25,30,32);1H3/t9-,10+,11+,12+,14-,18?,20-,39?;/m0./s1. The summed E-state index contributed by atoms with van der Waals surface area (Å²) >= 11 is 4.99. The maximum Gasteiger partial charge on any atom is 0.330 e. The van der Waals surface area contributed by atoms with E-state index in [9.17, 15) is 34.9 Å². The van der Waals surface area contributed by atoms with Gasteiger partial charge >= 0.3 is 12.4 Å². The molecule has 8 atom stereocenters. The first kappa shape index (κ1) is 31.2. The van der Waals surface area contributed by atoms with Crippen LogP contribution in [-0.2, 0) is 30.3 Å². The molecule has 0 saturated carbocycles. The third kappa shape index (κ3) is 5.95. The number of hydrogen-bond donors (Lipinski definition) is 8. The minimum Gasteiger partial charge on any atom is -0.393 e. The Bertz CT molecular complexity index is 1580. The number of nitrogens with two attached hydrogens (primary N) is 1. The molecule has 5 heterocycles. The number of aromatic amines is 1. The van der Waals surface area contributed by atoms with Gasteiger partial charge in [-0.2, -0.15) is 0 Å². The van der Waals surface area contributed by atoms with Gasteiger partial charge in [0.25, 0.3) is 5.56 Å². The summed E-state index contributed by atoms with van der Waals surface area (Å²) in [5.41, 5.74) is 5.17. The summed E-state index contributed by atoms with van der Waals surface area (Å²) in [6.45, 7) is -3.79. The van der Waals surface area contributed by atoms with Crippen molar-refractivity contribution in [1.29, 1.82) is 0 Å². The summed E-state index contributed by atoms with van der Waals surface area (Å²) in [4.78, 5) is 48.7. The van der Waals surface area contributed by atoms with Gasteiger partial charge in [0.2, 0.25) is 5.79 Å². The first-order valence-electron chi connectivity index (χ1n) is 11.8. The van der Waals surface area contributed by atoms with E-state index in [1.807, 2.05) is 0 Å². The predicted octanol–water partition coefficient (Wildman–Crippen LogP) is -2.39. The molecule has 19 nitrogen and oxygen atoms in total. The molecule has 11 N–H and O–H groups in total. The van der Waals surface area contributed by atoms with Gasteiger partial charge in [-0.3, -0.25) is 28.0 Å². The highest BCUT2D eigenvalue weighted by Gasteiger charge is 2.53. The predicted molar refractivity (Wildman–Crippen MR) is 141 cm³/mol. The van der Waals surface area contributed by atoms with E-state index in [0.717, 1.165) is 4.57 Å². The Hall–Kier alpha value is -2.72. The Kier molecular flexibility index (Phi) is 8.77. The van der Waals surface area contributed by atoms with Crippen molar-refractivity contribution in [2.24, 2.45) is 0 Å². The Morgan fingerprint density at radius 3 is 2.73 bits per heavy atom. The molecule has 0 aliphatic carbocycles. The highest BCUT2D eigenvalue weighted by atomic mass is 32.5. The van der Waals surface area contributed by atoms with Crippen molar-refractivity contribution in [2.75, 3.05) is 12.3 Å². The molecule has 3 aromatic rings. The van der Waals surface area contributed by atoms with Crippen LogP contribution in [0, 0.1) is 6.92 Å². The topological polar surface area (TPSA) is 298 Å². The lowest BCUT2D eigenvalue weighted by Gasteiger charge is -2.32. The van der Waals surface area contributed by atoms with Crippen molar-refractivity contribution in [3.05, 3.63) is 45.3 Å². The molecule has 0 aromatic carbocycles. The molecule has 2 unspecified atom stereocenters. The lowest BCUT2D eigenvalue weighted by Crippen LogP contribution is -2.43. The fourth-order valence-electron chi connectivity index (χ4n) is 4.57. The number of aliphatic hydroxyl groups excluding tert-OH is 3. The molecule has 5 rings (SSSR count). The number of aliphatic hydroxyl groups is 4. The Balaban J connectivity index is 0.00000387. The second-order valence-electron chi connectivity index (χ2n) is 9.29. The molecular formula is C20H29N8O11PS. The quantitative estimate of drug-likeness (QED) is 0.0962. The van der Waals surface area contributed by atoms with E-state index in [1.54, 1.807) is 0 Å². The number of nitrogens with one attached hydrogen (secondary N) is 1. The molecule has 0 amide bonds. The number of H-pyrrole nitrogens is 1. The Labute approximate surface area is 235 Å². The van der Waals surface area contributed by atoms with E-state index < -0.39 is 67.4 Å². The number of anilines is 1. The molecule has 21 heteroatoms. The monoisotopic (exact) mass is 620 g/mol. The van der Waals surface area contributed by atoms with Gasteiger partial charge in [-0.25, -0.2) is 19.7 Å². The fourth-order valence-corrected chi connectivity index (χ4v) is 6.25. The number of aromatic nitrogens is 6. The van der Waals surface area contributed by atoms with Crippen LogP contribution in [0.3, 0.4) is 0 Å². The minimum atomic E-state index is -4.50. The summed E-state index contributed by atoms with van der Waals surface area (Å²) < 4.78 is 24.1. The van der Waals surface area contributed by atoms with Crippen molar-refractivity contribution in [3.63, 3.8) is 0 Å². The molecule has 2 aliphatic rings. The van der Waals surface area contributed by atoms with E-state index in [2.05, 4.69) is 19.9 Å². The third-order valence-corrected chi connectivity index (χ3v) is 8.05. The zero-order chi connectivity index (χ0) is 29.0. The van der Waals surface area contributed by atoms with Gasteiger partial charge in [-0.1, -0.05) is 0 Å². The summed E-state index contributed by atoms with van der Waals surface area (Å²) in [7, 11) is 0. The van der Waals surface area contributed by atoms with Gasteiger partial charge in [-0.05, 0) is 18.7 Å². The van der Waals surface area contributed by atoms with E-state index in [0.29, 0.717) is 0 Å². The number of imidazole rings is 1. The maximum absolute atomic E-state index is 12.2. The van der Waals surface area contributed by atoms with Gasteiger partial charge in [0.1, 0.15) is 36.5 Å². The second kappa shape index (κ2) is 11.5. The van der Waals surface area contributed by atoms with Crippen LogP contribution in [0.25, 0.3) is 11.2 Å². The number of fused-ring (bicyclic) bond motifs is 1. The zero-order valence-electron chi connectivity index (χ0n) is 21.4. The van der Waals surface area contributed by atoms with E-state index in [1.165, 1.54) is 30.3 Å². The Morgan fingerprint density at radius 2 is 2.02 bits per heavy atom. The number of nitrogens with zero attached hydrogens (tertiary/aromatic N) is 5. The summed E-state index contributed by atoms with van der Waals surface area (Å²) in [6, 6.07) is 0. The van der Waals surface area contributed by atoms with Crippen LogP contribution in [0.15, 0.2) is 28.4 Å². The molecule has 0 spiro atoms. The summed E-state index contributed by atoms with van der Waals surface area (Å²) in [6.07, 6.45) is -5.24. The van der Waals surface area contributed by atoms with Crippen molar-refractivity contribution in [3.8, 4) is 0 Å². The first-order valence-corrected chi connectivity index (χ1v) is 14.4. The van der Waals surface area contributed by atoms with Crippen LogP contribution in [0.4, 0.5) is 5.82 Å². The molecule has 0 bridgehead atoms. The average molecular weight is 621 g/mol. The molecule has 226 valence electrons. The molecular weight excluding hydrogens is 591 g/mol. The normalized spacial score (nSPS) is 30.2. The maximum atomic E-state index is 12.2. The lowest BCUT2D eigenvalue weighted by molar-refractivity contribution is -0.203. The largest absolute Gasteiger partial charge is 0.393 e. The average Bonchev–Trinajstić information content (AvgIpc) is 3.56. The lowest BCUT2D eigenvalue weighted by atomic mass is 10.1. The van der Waals surface area contributed by atoms with Crippen molar-refractivity contribution >= 4 is 35.5 Å². The fraction of sp³-hybridized carbons (Fsp3) is 0.550. The zero-order valence-corrected chi connectivity index (χ0v) is 23.1. The first-order chi connectivity index (χ1) is 18.8. The van der Waals surface area contributed by atoms with Crippen molar-refractivity contribution < 1.29 is 43.8 Å². The number of hydrogen-bond acceptors (Lipinski definition) is 16.